The van der Waals surface area contributed by atoms with Crippen molar-refractivity contribution in [2.24, 2.45) is 5.41 Å². The zero-order valence-electron chi connectivity index (χ0n) is 11.9. The maximum atomic E-state index is 3.88. The summed E-state index contributed by atoms with van der Waals surface area (Å²) in [7, 11) is 0. The van der Waals surface area contributed by atoms with Gasteiger partial charge in [0.2, 0.25) is 0 Å². The summed E-state index contributed by atoms with van der Waals surface area (Å²) in [5, 5.41) is 0. The molecule has 0 rings (SSSR count). The van der Waals surface area contributed by atoms with Crippen LogP contribution in [0.15, 0.2) is 12.7 Å². The predicted octanol–water partition coefficient (Wildman–Crippen LogP) is 6.12. The molecule has 0 N–H and O–H groups in total. The van der Waals surface area contributed by atoms with Gasteiger partial charge in [-0.1, -0.05) is 59.0 Å². The van der Waals surface area contributed by atoms with Crippen molar-refractivity contribution < 1.29 is 0 Å². The highest BCUT2D eigenvalue weighted by Crippen LogP contribution is 2.40. The molecule has 0 radical (unpaired) electrons. The molecule has 0 aliphatic heterocycles. The number of rotatable bonds is 11. The van der Waals surface area contributed by atoms with Gasteiger partial charge in [-0.2, -0.15) is 0 Å². The maximum absolute atomic E-state index is 3.88. The van der Waals surface area contributed by atoms with E-state index < -0.39 is 0 Å². The molecular weight excluding hydrogens is 192 g/mol. The molecule has 0 nitrogen and oxygen atoms in total. The first kappa shape index (κ1) is 15.7. The normalized spacial score (nSPS) is 11.7. The van der Waals surface area contributed by atoms with Gasteiger partial charge in [-0.15, -0.1) is 6.58 Å². The summed E-state index contributed by atoms with van der Waals surface area (Å²) in [5.74, 6) is 0. The van der Waals surface area contributed by atoms with E-state index in [4.69, 9.17) is 0 Å². The molecule has 0 saturated heterocycles. The topological polar surface area (TPSA) is 0 Å². The Labute approximate surface area is 104 Å². The SMILES string of the molecule is C=CCCC(CCC)(CCCC)CCCC. The van der Waals surface area contributed by atoms with Crippen LogP contribution in [0.25, 0.3) is 0 Å². The van der Waals surface area contributed by atoms with Gasteiger partial charge in [-0.25, -0.2) is 0 Å². The smallest absolute Gasteiger partial charge is 0.0295 e. The van der Waals surface area contributed by atoms with Crippen molar-refractivity contribution in [2.75, 3.05) is 0 Å². The Morgan fingerprint density at radius 3 is 1.75 bits per heavy atom. The summed E-state index contributed by atoms with van der Waals surface area (Å²) in [5.41, 5.74) is 0.634. The molecule has 0 spiro atoms. The predicted molar refractivity (Wildman–Crippen MR) is 75.8 cm³/mol. The van der Waals surface area contributed by atoms with Crippen LogP contribution in [0.3, 0.4) is 0 Å². The molecule has 96 valence electrons. The number of hydrogen-bond acceptors (Lipinski definition) is 0. The van der Waals surface area contributed by atoms with Crippen LogP contribution in [0.4, 0.5) is 0 Å². The molecule has 0 heteroatoms. The average molecular weight is 224 g/mol. The van der Waals surface area contributed by atoms with Gasteiger partial charge in [-0.3, -0.25) is 0 Å². The highest BCUT2D eigenvalue weighted by atomic mass is 14.3. The lowest BCUT2D eigenvalue weighted by molar-refractivity contribution is 0.187. The largest absolute Gasteiger partial charge is 0.103 e. The summed E-state index contributed by atoms with van der Waals surface area (Å²) >= 11 is 0. The van der Waals surface area contributed by atoms with Crippen LogP contribution in [-0.2, 0) is 0 Å². The van der Waals surface area contributed by atoms with E-state index in [1.165, 1.54) is 64.2 Å². The van der Waals surface area contributed by atoms with Gasteiger partial charge < -0.3 is 0 Å². The third kappa shape index (κ3) is 6.35. The fourth-order valence-electron chi connectivity index (χ4n) is 2.79. The fourth-order valence-corrected chi connectivity index (χ4v) is 2.79. The Bertz CT molecular complexity index is 149. The van der Waals surface area contributed by atoms with E-state index >= 15 is 0 Å². The van der Waals surface area contributed by atoms with E-state index in [0.717, 1.165) is 0 Å². The molecule has 0 aliphatic carbocycles. The van der Waals surface area contributed by atoms with Gasteiger partial charge in [-0.05, 0) is 37.5 Å². The molecular formula is C16H32. The van der Waals surface area contributed by atoms with Crippen LogP contribution >= 0.6 is 0 Å². The number of hydrogen-bond donors (Lipinski definition) is 0. The Kier molecular flexibility index (Phi) is 9.77. The van der Waals surface area contributed by atoms with Crippen LogP contribution in [0.5, 0.6) is 0 Å². The first-order valence-electron chi connectivity index (χ1n) is 7.35. The minimum absolute atomic E-state index is 0.634. The van der Waals surface area contributed by atoms with E-state index in [1.807, 2.05) is 0 Å². The maximum Gasteiger partial charge on any atom is -0.0295 e. The zero-order valence-corrected chi connectivity index (χ0v) is 11.9. The second kappa shape index (κ2) is 9.93. The first-order chi connectivity index (χ1) is 7.74. The highest BCUT2D eigenvalue weighted by molar-refractivity contribution is 4.82. The van der Waals surface area contributed by atoms with E-state index in [1.54, 1.807) is 0 Å². The molecule has 0 atom stereocenters. The van der Waals surface area contributed by atoms with E-state index in [-0.39, 0.29) is 0 Å². The quantitative estimate of drug-likeness (QED) is 0.371. The lowest BCUT2D eigenvalue weighted by Gasteiger charge is -2.34. The Morgan fingerprint density at radius 1 is 0.812 bits per heavy atom. The van der Waals surface area contributed by atoms with Crippen molar-refractivity contribution in [3.63, 3.8) is 0 Å². The minimum atomic E-state index is 0.634. The molecule has 0 aliphatic rings. The molecule has 0 bridgehead atoms. The average Bonchev–Trinajstić information content (AvgIpc) is 2.31. The third-order valence-electron chi connectivity index (χ3n) is 3.78. The fraction of sp³-hybridized carbons (Fsp3) is 0.875. The van der Waals surface area contributed by atoms with Crippen molar-refractivity contribution >= 4 is 0 Å². The highest BCUT2D eigenvalue weighted by Gasteiger charge is 2.26. The molecule has 16 heavy (non-hydrogen) atoms. The van der Waals surface area contributed by atoms with Crippen LogP contribution in [0.1, 0.15) is 85.0 Å². The summed E-state index contributed by atoms with van der Waals surface area (Å²) < 4.78 is 0. The van der Waals surface area contributed by atoms with Crippen molar-refractivity contribution in [3.8, 4) is 0 Å². The number of unbranched alkanes of at least 4 members (excludes halogenated alkanes) is 2. The van der Waals surface area contributed by atoms with Crippen LogP contribution in [0, 0.1) is 5.41 Å². The molecule has 0 aromatic rings. The standard InChI is InChI=1S/C16H32/c1-5-9-13-16(12-8-4,14-10-6-2)15-11-7-3/h5H,1,6-15H2,2-4H3. The molecule has 0 aromatic heterocycles. The zero-order chi connectivity index (χ0) is 12.3. The second-order valence-electron chi connectivity index (χ2n) is 5.28. The lowest BCUT2D eigenvalue weighted by atomic mass is 9.72. The molecule has 0 saturated carbocycles. The summed E-state index contributed by atoms with van der Waals surface area (Å²) in [6.07, 6.45) is 15.8. The third-order valence-corrected chi connectivity index (χ3v) is 3.78. The van der Waals surface area contributed by atoms with Gasteiger partial charge in [0, 0.05) is 0 Å². The number of allylic oxidation sites excluding steroid dienone is 1. The van der Waals surface area contributed by atoms with Crippen molar-refractivity contribution in [1.82, 2.24) is 0 Å². The lowest BCUT2D eigenvalue weighted by Crippen LogP contribution is -2.20. The molecule has 0 unspecified atom stereocenters. The first-order valence-corrected chi connectivity index (χ1v) is 7.35. The van der Waals surface area contributed by atoms with Gasteiger partial charge in [0.25, 0.3) is 0 Å². The Balaban J connectivity index is 4.37. The molecule has 0 aromatic carbocycles. The van der Waals surface area contributed by atoms with Crippen LogP contribution in [0.2, 0.25) is 0 Å². The van der Waals surface area contributed by atoms with Gasteiger partial charge in [0.15, 0.2) is 0 Å². The molecule has 0 fully saturated rings. The van der Waals surface area contributed by atoms with Crippen LogP contribution in [-0.4, -0.2) is 0 Å². The molecule has 0 heterocycles. The Morgan fingerprint density at radius 2 is 1.38 bits per heavy atom. The summed E-state index contributed by atoms with van der Waals surface area (Å²) in [6, 6.07) is 0. The van der Waals surface area contributed by atoms with Gasteiger partial charge >= 0.3 is 0 Å². The van der Waals surface area contributed by atoms with Crippen molar-refractivity contribution in [2.45, 2.75) is 85.0 Å². The second-order valence-corrected chi connectivity index (χ2v) is 5.28. The minimum Gasteiger partial charge on any atom is -0.103 e. The van der Waals surface area contributed by atoms with E-state index in [2.05, 4.69) is 33.4 Å². The van der Waals surface area contributed by atoms with Gasteiger partial charge in [0.05, 0.1) is 0 Å². The van der Waals surface area contributed by atoms with Crippen molar-refractivity contribution in [3.05, 3.63) is 12.7 Å². The van der Waals surface area contributed by atoms with Crippen molar-refractivity contribution in [1.29, 1.82) is 0 Å². The van der Waals surface area contributed by atoms with Gasteiger partial charge in [0.1, 0.15) is 0 Å². The summed E-state index contributed by atoms with van der Waals surface area (Å²) in [6.45, 7) is 10.8. The van der Waals surface area contributed by atoms with E-state index in [0.29, 0.717) is 5.41 Å². The Hall–Kier alpha value is -0.260. The van der Waals surface area contributed by atoms with Crippen LogP contribution < -0.4 is 0 Å². The summed E-state index contributed by atoms with van der Waals surface area (Å²) in [4.78, 5) is 0. The molecule has 0 amide bonds. The monoisotopic (exact) mass is 224 g/mol. The van der Waals surface area contributed by atoms with E-state index in [9.17, 15) is 0 Å².